The van der Waals surface area contributed by atoms with E-state index in [-0.39, 0.29) is 23.6 Å². The predicted octanol–water partition coefficient (Wildman–Crippen LogP) is 0.386. The summed E-state index contributed by atoms with van der Waals surface area (Å²) in [7, 11) is 2.00. The summed E-state index contributed by atoms with van der Waals surface area (Å²) in [5, 5.41) is 15.2. The van der Waals surface area contributed by atoms with Crippen LogP contribution >= 0.6 is 0 Å². The van der Waals surface area contributed by atoms with Crippen molar-refractivity contribution in [2.24, 2.45) is 11.8 Å². The Morgan fingerprint density at radius 3 is 2.66 bits per heavy atom. The van der Waals surface area contributed by atoms with Gasteiger partial charge in [-0.1, -0.05) is 12.8 Å². The summed E-state index contributed by atoms with van der Waals surface area (Å²) >= 11 is 0. The van der Waals surface area contributed by atoms with Gasteiger partial charge in [-0.05, 0) is 58.0 Å². The number of carbonyl (C=O) groups excluding carboxylic acids is 3. The van der Waals surface area contributed by atoms with E-state index in [1.807, 2.05) is 7.05 Å². The molecule has 2 N–H and O–H groups in total. The number of rotatable bonds is 7. The minimum Gasteiger partial charge on any atom is -0.356 e. The Kier molecular flexibility index (Phi) is 5.52. The smallest absolute Gasteiger partial charge is 0.243 e. The number of carbonyl (C=O) groups is 3. The van der Waals surface area contributed by atoms with Gasteiger partial charge in [0, 0.05) is 19.0 Å². The molecule has 1 spiro atoms. The van der Waals surface area contributed by atoms with Gasteiger partial charge in [0.15, 0.2) is 0 Å². The van der Waals surface area contributed by atoms with Gasteiger partial charge in [-0.15, -0.1) is 0 Å². The molecule has 3 amide bonds. The Bertz CT molecular complexity index is 730. The summed E-state index contributed by atoms with van der Waals surface area (Å²) in [6, 6.07) is 0.912. The van der Waals surface area contributed by atoms with Gasteiger partial charge in [0.25, 0.3) is 0 Å². The van der Waals surface area contributed by atoms with Gasteiger partial charge in [-0.3, -0.25) is 19.3 Å². The number of amides is 3. The minimum atomic E-state index is -0.709. The Morgan fingerprint density at radius 2 is 2.07 bits per heavy atom. The average Bonchev–Trinajstić information content (AvgIpc) is 3.19. The van der Waals surface area contributed by atoms with Gasteiger partial charge >= 0.3 is 0 Å². The number of nitrogens with zero attached hydrogens (tertiary/aromatic N) is 3. The van der Waals surface area contributed by atoms with E-state index < -0.39 is 17.6 Å². The van der Waals surface area contributed by atoms with Crippen LogP contribution in [0.5, 0.6) is 0 Å². The van der Waals surface area contributed by atoms with E-state index in [1.54, 1.807) is 4.90 Å². The largest absolute Gasteiger partial charge is 0.356 e. The molecule has 0 aromatic rings. The highest BCUT2D eigenvalue weighted by Gasteiger charge is 2.54. The molecular formula is C21H31N5O3. The molecule has 29 heavy (non-hydrogen) atoms. The Balaban J connectivity index is 1.45. The van der Waals surface area contributed by atoms with Crippen LogP contribution in [0.1, 0.15) is 51.4 Å². The zero-order chi connectivity index (χ0) is 20.6. The highest BCUT2D eigenvalue weighted by molar-refractivity contribution is 5.94. The molecule has 4 aliphatic rings. The zero-order valence-corrected chi connectivity index (χ0v) is 17.2. The third-order valence-corrected chi connectivity index (χ3v) is 7.33. The topological polar surface area (TPSA) is 106 Å². The molecule has 1 aliphatic carbocycles. The maximum absolute atomic E-state index is 13.4. The summed E-state index contributed by atoms with van der Waals surface area (Å²) < 4.78 is 0. The lowest BCUT2D eigenvalue weighted by Gasteiger charge is -2.33. The number of hydrogen-bond donors (Lipinski definition) is 2. The van der Waals surface area contributed by atoms with Gasteiger partial charge in [0.1, 0.15) is 17.6 Å². The van der Waals surface area contributed by atoms with E-state index >= 15 is 0 Å². The summed E-state index contributed by atoms with van der Waals surface area (Å²) in [6.45, 7) is 2.13. The number of likely N-dealkylation sites (N-methyl/N-ethyl adjacent to an activating group) is 1. The average molecular weight is 402 g/mol. The van der Waals surface area contributed by atoms with Crippen LogP contribution in [-0.4, -0.2) is 71.8 Å². The molecule has 3 heterocycles. The minimum absolute atomic E-state index is 0.0463. The molecule has 4 rings (SSSR count). The monoisotopic (exact) mass is 401 g/mol. The molecule has 4 fully saturated rings. The van der Waals surface area contributed by atoms with E-state index in [0.717, 1.165) is 38.6 Å². The fourth-order valence-electron chi connectivity index (χ4n) is 5.29. The molecule has 0 bridgehead atoms. The molecular weight excluding hydrogens is 370 g/mol. The SMILES string of the molecule is CN1CCCC12CCN([C@@H](CC1CC1)C(=O)N[C@@H](C#N)C[C@H]1CCNC1=O)C2=O. The van der Waals surface area contributed by atoms with Gasteiger partial charge in [-0.25, -0.2) is 0 Å². The van der Waals surface area contributed by atoms with Crippen LogP contribution in [0.2, 0.25) is 0 Å². The van der Waals surface area contributed by atoms with E-state index in [4.69, 9.17) is 0 Å². The fourth-order valence-corrected chi connectivity index (χ4v) is 5.29. The molecule has 158 valence electrons. The second-order valence-electron chi connectivity index (χ2n) is 9.20. The molecule has 8 heteroatoms. The lowest BCUT2D eigenvalue weighted by Crippen LogP contribution is -2.55. The third-order valence-electron chi connectivity index (χ3n) is 7.33. The summed E-state index contributed by atoms with van der Waals surface area (Å²) in [5.41, 5.74) is -0.446. The van der Waals surface area contributed by atoms with Crippen molar-refractivity contribution in [2.45, 2.75) is 69.0 Å². The molecule has 3 saturated heterocycles. The van der Waals surface area contributed by atoms with Crippen molar-refractivity contribution in [3.8, 4) is 6.07 Å². The lowest BCUT2D eigenvalue weighted by atomic mass is 9.94. The highest BCUT2D eigenvalue weighted by Crippen LogP contribution is 2.41. The molecule has 3 aliphatic heterocycles. The van der Waals surface area contributed by atoms with E-state index in [9.17, 15) is 19.6 Å². The maximum Gasteiger partial charge on any atom is 0.243 e. The normalized spacial score (nSPS) is 31.7. The molecule has 0 aromatic carbocycles. The first-order valence-electron chi connectivity index (χ1n) is 10.9. The first kappa shape index (κ1) is 20.1. The summed E-state index contributed by atoms with van der Waals surface area (Å²) in [4.78, 5) is 42.3. The van der Waals surface area contributed by atoms with Crippen molar-refractivity contribution < 1.29 is 14.4 Å². The first-order valence-corrected chi connectivity index (χ1v) is 10.9. The Labute approximate surface area is 172 Å². The van der Waals surface area contributed by atoms with Gasteiger partial charge < -0.3 is 15.5 Å². The van der Waals surface area contributed by atoms with E-state index in [2.05, 4.69) is 21.6 Å². The van der Waals surface area contributed by atoms with Gasteiger partial charge in [0.05, 0.1) is 6.07 Å². The van der Waals surface area contributed by atoms with Crippen molar-refractivity contribution >= 4 is 17.7 Å². The predicted molar refractivity (Wildman–Crippen MR) is 105 cm³/mol. The van der Waals surface area contributed by atoms with Crippen molar-refractivity contribution in [1.82, 2.24) is 20.4 Å². The molecule has 0 aromatic heterocycles. The molecule has 1 saturated carbocycles. The van der Waals surface area contributed by atoms with Crippen LogP contribution in [0.15, 0.2) is 0 Å². The van der Waals surface area contributed by atoms with E-state index in [1.165, 1.54) is 0 Å². The number of likely N-dealkylation sites (tertiary alicyclic amines) is 2. The van der Waals surface area contributed by atoms with Crippen LogP contribution < -0.4 is 10.6 Å². The quantitative estimate of drug-likeness (QED) is 0.642. The molecule has 8 nitrogen and oxygen atoms in total. The van der Waals surface area contributed by atoms with Crippen molar-refractivity contribution in [1.29, 1.82) is 5.26 Å². The summed E-state index contributed by atoms with van der Waals surface area (Å²) in [5.74, 6) is 0.0352. The summed E-state index contributed by atoms with van der Waals surface area (Å²) in [6.07, 6.45) is 6.51. The zero-order valence-electron chi connectivity index (χ0n) is 17.2. The van der Waals surface area contributed by atoms with Crippen LogP contribution in [0.3, 0.4) is 0 Å². The molecule has 1 unspecified atom stereocenters. The Morgan fingerprint density at radius 1 is 1.28 bits per heavy atom. The van der Waals surface area contributed by atoms with E-state index in [0.29, 0.717) is 38.3 Å². The molecule has 4 atom stereocenters. The molecule has 0 radical (unpaired) electrons. The van der Waals surface area contributed by atoms with Crippen molar-refractivity contribution in [3.63, 3.8) is 0 Å². The van der Waals surface area contributed by atoms with Gasteiger partial charge in [0.2, 0.25) is 17.7 Å². The van der Waals surface area contributed by atoms with Crippen molar-refractivity contribution in [2.75, 3.05) is 26.7 Å². The van der Waals surface area contributed by atoms with Crippen LogP contribution in [0, 0.1) is 23.2 Å². The number of nitriles is 1. The second-order valence-corrected chi connectivity index (χ2v) is 9.20. The lowest BCUT2D eigenvalue weighted by molar-refractivity contribution is -0.143. The third kappa shape index (κ3) is 3.85. The van der Waals surface area contributed by atoms with Gasteiger partial charge in [-0.2, -0.15) is 5.26 Å². The number of nitrogens with one attached hydrogen (secondary N) is 2. The number of hydrogen-bond acceptors (Lipinski definition) is 5. The van der Waals surface area contributed by atoms with Crippen LogP contribution in [0.4, 0.5) is 0 Å². The highest BCUT2D eigenvalue weighted by atomic mass is 16.2. The first-order chi connectivity index (χ1) is 13.9. The van der Waals surface area contributed by atoms with Crippen LogP contribution in [0.25, 0.3) is 0 Å². The van der Waals surface area contributed by atoms with Crippen molar-refractivity contribution in [3.05, 3.63) is 0 Å². The Hall–Kier alpha value is -2.14. The standard InChI is InChI=1S/C21H31N5O3/c1-25-9-2-6-21(25)7-10-26(20(21)29)17(11-14-3-4-14)19(28)24-16(13-22)12-15-5-8-23-18(15)27/h14-17H,2-12H2,1H3,(H,23,27)(H,24,28)/t15-,16-,17+,21?/m1/s1. The fraction of sp³-hybridized carbons (Fsp3) is 0.810. The maximum atomic E-state index is 13.4. The van der Waals surface area contributed by atoms with Crippen LogP contribution in [-0.2, 0) is 14.4 Å². The second kappa shape index (κ2) is 7.94.